The number of carboxylic acids is 3. The van der Waals surface area contributed by atoms with Crippen molar-refractivity contribution in [2.24, 2.45) is 5.92 Å². The van der Waals surface area contributed by atoms with Gasteiger partial charge in [-0.15, -0.1) is 0 Å². The van der Waals surface area contributed by atoms with Gasteiger partial charge in [-0.25, -0.2) is 9.59 Å². The number of aliphatic carboxylic acids is 3. The van der Waals surface area contributed by atoms with Gasteiger partial charge in [0.1, 0.15) is 12.0 Å². The van der Waals surface area contributed by atoms with Crippen LogP contribution in [-0.2, 0) is 19.2 Å². The lowest BCUT2D eigenvalue weighted by molar-refractivity contribution is -0.179. The molecule has 0 saturated carbocycles. The van der Waals surface area contributed by atoms with E-state index in [1.54, 1.807) is 0 Å². The molecule has 0 aromatic carbocycles. The van der Waals surface area contributed by atoms with Gasteiger partial charge in [-0.2, -0.15) is 11.8 Å². The normalized spacial score (nSPS) is 16.1. The van der Waals surface area contributed by atoms with Crippen molar-refractivity contribution in [3.63, 3.8) is 0 Å². The zero-order valence-electron chi connectivity index (χ0n) is 12.1. The van der Waals surface area contributed by atoms with E-state index in [4.69, 9.17) is 15.3 Å². The first kappa shape index (κ1) is 20.2. The highest BCUT2D eigenvalue weighted by Gasteiger charge is 2.53. The molecule has 0 radical (unpaired) electrons. The SMILES string of the molecule is CCCSCC(NC(=O)C(O)(C(=O)O)C(C)C(=O)O)C(=O)O. The Labute approximate surface area is 130 Å². The van der Waals surface area contributed by atoms with Crippen LogP contribution in [0.1, 0.15) is 20.3 Å². The second kappa shape index (κ2) is 8.59. The molecule has 5 N–H and O–H groups in total. The third-order valence-corrected chi connectivity index (χ3v) is 4.17. The maximum atomic E-state index is 11.9. The Kier molecular flexibility index (Phi) is 7.88. The van der Waals surface area contributed by atoms with E-state index in [0.29, 0.717) is 5.75 Å². The van der Waals surface area contributed by atoms with Crippen LogP contribution in [0.25, 0.3) is 0 Å². The molecular formula is C12H19NO8S. The highest BCUT2D eigenvalue weighted by Crippen LogP contribution is 2.19. The maximum Gasteiger partial charge on any atom is 0.346 e. The fourth-order valence-corrected chi connectivity index (χ4v) is 2.36. The van der Waals surface area contributed by atoms with Crippen LogP contribution >= 0.6 is 11.8 Å². The molecule has 22 heavy (non-hydrogen) atoms. The summed E-state index contributed by atoms with van der Waals surface area (Å²) in [6.45, 7) is 2.72. The van der Waals surface area contributed by atoms with E-state index in [9.17, 15) is 24.3 Å². The Morgan fingerprint density at radius 3 is 2.05 bits per heavy atom. The quantitative estimate of drug-likeness (QED) is 0.255. The number of carboxylic acid groups (broad SMARTS) is 3. The molecule has 0 bridgehead atoms. The van der Waals surface area contributed by atoms with Crippen molar-refractivity contribution in [2.45, 2.75) is 31.9 Å². The molecule has 10 heteroatoms. The van der Waals surface area contributed by atoms with Crippen LogP contribution in [0.4, 0.5) is 0 Å². The number of carbonyl (C=O) groups is 4. The van der Waals surface area contributed by atoms with Crippen LogP contribution in [0, 0.1) is 5.92 Å². The van der Waals surface area contributed by atoms with Crippen LogP contribution in [0.3, 0.4) is 0 Å². The van der Waals surface area contributed by atoms with Gasteiger partial charge in [0.25, 0.3) is 11.5 Å². The Hall–Kier alpha value is -1.81. The van der Waals surface area contributed by atoms with Crippen LogP contribution in [0.15, 0.2) is 0 Å². The van der Waals surface area contributed by atoms with Gasteiger partial charge in [0.2, 0.25) is 0 Å². The van der Waals surface area contributed by atoms with Crippen molar-refractivity contribution in [1.29, 1.82) is 0 Å². The lowest BCUT2D eigenvalue weighted by Crippen LogP contribution is -2.61. The molecule has 0 aromatic heterocycles. The largest absolute Gasteiger partial charge is 0.481 e. The lowest BCUT2D eigenvalue weighted by atomic mass is 9.87. The third-order valence-electron chi connectivity index (χ3n) is 2.91. The monoisotopic (exact) mass is 337 g/mol. The summed E-state index contributed by atoms with van der Waals surface area (Å²) < 4.78 is 0. The zero-order chi connectivity index (χ0) is 17.5. The zero-order valence-corrected chi connectivity index (χ0v) is 12.9. The predicted molar refractivity (Wildman–Crippen MR) is 76.6 cm³/mol. The van der Waals surface area contributed by atoms with E-state index >= 15 is 0 Å². The summed E-state index contributed by atoms with van der Waals surface area (Å²) >= 11 is 1.22. The number of amides is 1. The molecule has 0 spiro atoms. The first-order chi connectivity index (χ1) is 10.1. The molecule has 3 unspecified atom stereocenters. The van der Waals surface area contributed by atoms with Gasteiger partial charge in [-0.1, -0.05) is 6.92 Å². The van der Waals surface area contributed by atoms with Gasteiger partial charge in [-0.3, -0.25) is 9.59 Å². The molecule has 0 aliphatic rings. The molecule has 9 nitrogen and oxygen atoms in total. The Morgan fingerprint density at radius 2 is 1.68 bits per heavy atom. The molecule has 0 heterocycles. The third kappa shape index (κ3) is 4.88. The van der Waals surface area contributed by atoms with E-state index in [-0.39, 0.29) is 5.75 Å². The number of carbonyl (C=O) groups excluding carboxylic acids is 1. The summed E-state index contributed by atoms with van der Waals surface area (Å²) in [6, 6.07) is -1.43. The van der Waals surface area contributed by atoms with Crippen LogP contribution in [0.2, 0.25) is 0 Å². The van der Waals surface area contributed by atoms with Gasteiger partial charge >= 0.3 is 17.9 Å². The predicted octanol–water partition coefficient (Wildman–Crippen LogP) is -0.765. The first-order valence-corrected chi connectivity index (χ1v) is 7.54. The Morgan fingerprint density at radius 1 is 1.14 bits per heavy atom. The number of thioether (sulfide) groups is 1. The number of hydrogen-bond acceptors (Lipinski definition) is 6. The molecule has 0 rings (SSSR count). The lowest BCUT2D eigenvalue weighted by Gasteiger charge is -2.27. The van der Waals surface area contributed by atoms with Gasteiger partial charge < -0.3 is 25.7 Å². The molecule has 1 amide bonds. The van der Waals surface area contributed by atoms with Crippen LogP contribution < -0.4 is 5.32 Å². The average molecular weight is 337 g/mol. The molecule has 0 saturated heterocycles. The minimum Gasteiger partial charge on any atom is -0.481 e. The summed E-state index contributed by atoms with van der Waals surface area (Å²) in [5.74, 6) is -8.10. The fraction of sp³-hybridized carbons (Fsp3) is 0.667. The number of rotatable bonds is 10. The van der Waals surface area contributed by atoms with E-state index in [1.807, 2.05) is 12.2 Å². The Balaban J connectivity index is 5.19. The smallest absolute Gasteiger partial charge is 0.346 e. The molecule has 3 atom stereocenters. The molecule has 126 valence electrons. The second-order valence-electron chi connectivity index (χ2n) is 4.57. The minimum absolute atomic E-state index is 0.0357. The van der Waals surface area contributed by atoms with Crippen molar-refractivity contribution in [1.82, 2.24) is 5.32 Å². The van der Waals surface area contributed by atoms with Gasteiger partial charge in [0.15, 0.2) is 0 Å². The molecular weight excluding hydrogens is 318 g/mol. The van der Waals surface area contributed by atoms with Crippen molar-refractivity contribution in [3.05, 3.63) is 0 Å². The highest BCUT2D eigenvalue weighted by atomic mass is 32.2. The second-order valence-corrected chi connectivity index (χ2v) is 5.72. The summed E-state index contributed by atoms with van der Waals surface area (Å²) in [5, 5.41) is 38.6. The van der Waals surface area contributed by atoms with E-state index in [1.165, 1.54) is 11.8 Å². The summed E-state index contributed by atoms with van der Waals surface area (Å²) in [4.78, 5) is 44.9. The van der Waals surface area contributed by atoms with Gasteiger partial charge in [0, 0.05) is 5.75 Å². The molecule has 0 fully saturated rings. The van der Waals surface area contributed by atoms with E-state index in [0.717, 1.165) is 13.3 Å². The van der Waals surface area contributed by atoms with Crippen LogP contribution in [-0.4, -0.2) is 67.4 Å². The molecule has 0 aliphatic heterocycles. The number of hydrogen-bond donors (Lipinski definition) is 5. The Bertz CT molecular complexity index is 454. The van der Waals surface area contributed by atoms with Crippen molar-refractivity contribution in [3.8, 4) is 0 Å². The number of nitrogens with one attached hydrogen (secondary N) is 1. The molecule has 0 aliphatic carbocycles. The van der Waals surface area contributed by atoms with E-state index in [2.05, 4.69) is 0 Å². The highest BCUT2D eigenvalue weighted by molar-refractivity contribution is 7.99. The minimum atomic E-state index is -3.26. The number of aliphatic hydroxyl groups is 1. The van der Waals surface area contributed by atoms with Gasteiger partial charge in [0.05, 0.1) is 0 Å². The maximum absolute atomic E-state index is 11.9. The van der Waals surface area contributed by atoms with Crippen molar-refractivity contribution < 1.29 is 39.6 Å². The summed E-state index contributed by atoms with van der Waals surface area (Å²) in [5.41, 5.74) is -3.26. The van der Waals surface area contributed by atoms with Gasteiger partial charge in [-0.05, 0) is 19.1 Å². The van der Waals surface area contributed by atoms with E-state index < -0.39 is 41.4 Å². The summed E-state index contributed by atoms with van der Waals surface area (Å²) in [6.07, 6.45) is 0.778. The van der Waals surface area contributed by atoms with Crippen molar-refractivity contribution >= 4 is 35.6 Å². The fourth-order valence-electron chi connectivity index (χ4n) is 1.45. The van der Waals surface area contributed by atoms with Crippen molar-refractivity contribution in [2.75, 3.05) is 11.5 Å². The average Bonchev–Trinajstić information content (AvgIpc) is 2.43. The molecule has 0 aromatic rings. The first-order valence-electron chi connectivity index (χ1n) is 6.39. The van der Waals surface area contributed by atoms with Crippen LogP contribution in [0.5, 0.6) is 0 Å². The standard InChI is InChI=1S/C12H19NO8S/c1-3-4-22-5-7(9(16)17)13-10(18)12(21,11(19)20)6(2)8(14)15/h6-7,21H,3-5H2,1-2H3,(H,13,18)(H,14,15)(H,16,17)(H,19,20). The topological polar surface area (TPSA) is 161 Å². The summed E-state index contributed by atoms with van der Waals surface area (Å²) in [7, 11) is 0.